The molecule has 0 aliphatic heterocycles. The average Bonchev–Trinajstić information content (AvgIpc) is 2.37. The van der Waals surface area contributed by atoms with E-state index in [-0.39, 0.29) is 17.9 Å². The topological polar surface area (TPSA) is 120 Å². The molecule has 0 aliphatic carbocycles. The van der Waals surface area contributed by atoms with Gasteiger partial charge in [0.25, 0.3) is 0 Å². The van der Waals surface area contributed by atoms with Gasteiger partial charge in [0.1, 0.15) is 5.69 Å². The number of aromatic nitrogens is 2. The minimum atomic E-state index is -0.396. The summed E-state index contributed by atoms with van der Waals surface area (Å²) in [7, 11) is 0. The molecule has 0 spiro atoms. The minimum absolute atomic E-state index is 0.0220. The Hall–Kier alpha value is -1.63. The van der Waals surface area contributed by atoms with Crippen molar-refractivity contribution in [2.24, 2.45) is 5.84 Å². The summed E-state index contributed by atoms with van der Waals surface area (Å²) in [6, 6.07) is 0. The van der Waals surface area contributed by atoms with Crippen LogP contribution in [0.2, 0.25) is 0 Å². The zero-order chi connectivity index (χ0) is 8.27. The van der Waals surface area contributed by atoms with E-state index >= 15 is 0 Å². The van der Waals surface area contributed by atoms with Crippen LogP contribution in [-0.4, -0.2) is 16.2 Å². The molecule has 1 heterocycles. The number of hydrazine groups is 1. The summed E-state index contributed by atoms with van der Waals surface area (Å²) in [4.78, 5) is 10.6. The van der Waals surface area contributed by atoms with E-state index in [1.807, 2.05) is 5.43 Å². The molecule has 1 aromatic heterocycles. The number of anilines is 1. The third kappa shape index (κ3) is 1.64. The predicted molar refractivity (Wildman–Crippen MR) is 34.7 cm³/mol. The molecule has 0 atom stereocenters. The van der Waals surface area contributed by atoms with Crippen molar-refractivity contribution in [1.29, 1.82) is 0 Å². The highest BCUT2D eigenvalue weighted by Gasteiger charge is 2.09. The van der Waals surface area contributed by atoms with Gasteiger partial charge in [0.15, 0.2) is 5.82 Å². The fraction of sp³-hybridized carbons (Fsp3) is 0.250. The maximum Gasteiger partial charge on any atom is 0.240 e. The second-order valence-corrected chi connectivity index (χ2v) is 1.84. The highest BCUT2D eigenvalue weighted by Crippen LogP contribution is 2.03. The van der Waals surface area contributed by atoms with Crippen LogP contribution < -0.4 is 17.0 Å². The van der Waals surface area contributed by atoms with Crippen LogP contribution in [0.25, 0.3) is 0 Å². The second-order valence-electron chi connectivity index (χ2n) is 1.84. The molecular formula is C4H7N5O2. The number of hydrogen-bond donors (Lipinski definition) is 3. The lowest BCUT2D eigenvalue weighted by atomic mass is 10.3. The van der Waals surface area contributed by atoms with Gasteiger partial charge in [-0.05, 0) is 5.16 Å². The van der Waals surface area contributed by atoms with Crippen LogP contribution >= 0.6 is 0 Å². The van der Waals surface area contributed by atoms with Crippen molar-refractivity contribution >= 4 is 11.7 Å². The highest BCUT2D eigenvalue weighted by molar-refractivity contribution is 5.78. The molecule has 0 saturated carbocycles. The Morgan fingerprint density at radius 2 is 2.36 bits per heavy atom. The fourth-order valence-corrected chi connectivity index (χ4v) is 0.539. The van der Waals surface area contributed by atoms with Gasteiger partial charge in [-0.25, -0.2) is 10.5 Å². The molecule has 60 valence electrons. The van der Waals surface area contributed by atoms with Gasteiger partial charge < -0.3 is 5.73 Å². The third-order valence-corrected chi connectivity index (χ3v) is 1.07. The van der Waals surface area contributed by atoms with Crippen LogP contribution in [0.1, 0.15) is 5.69 Å². The van der Waals surface area contributed by atoms with E-state index in [1.165, 1.54) is 0 Å². The molecule has 11 heavy (non-hydrogen) atoms. The molecule has 0 aliphatic rings. The van der Waals surface area contributed by atoms with Gasteiger partial charge in [-0.15, -0.1) is 0 Å². The fourth-order valence-electron chi connectivity index (χ4n) is 0.539. The monoisotopic (exact) mass is 157 g/mol. The first-order valence-electron chi connectivity index (χ1n) is 2.80. The van der Waals surface area contributed by atoms with E-state index in [2.05, 4.69) is 14.9 Å². The van der Waals surface area contributed by atoms with Gasteiger partial charge in [-0.1, -0.05) is 5.16 Å². The zero-order valence-corrected chi connectivity index (χ0v) is 5.57. The summed E-state index contributed by atoms with van der Waals surface area (Å²) in [5, 5.41) is 6.65. The van der Waals surface area contributed by atoms with E-state index in [1.54, 1.807) is 0 Å². The Kier molecular flexibility index (Phi) is 2.02. The molecule has 0 bridgehead atoms. The smallest absolute Gasteiger partial charge is 0.240 e. The Labute approximate surface area is 61.7 Å². The maximum absolute atomic E-state index is 10.6. The molecule has 0 fully saturated rings. The number of nitrogens with one attached hydrogen (secondary N) is 1. The van der Waals surface area contributed by atoms with Crippen molar-refractivity contribution in [3.05, 3.63) is 5.69 Å². The lowest BCUT2D eigenvalue weighted by molar-refractivity contribution is -0.120. The van der Waals surface area contributed by atoms with Gasteiger partial charge in [-0.3, -0.25) is 10.2 Å². The normalized spacial score (nSPS) is 9.55. The molecule has 7 nitrogen and oxygen atoms in total. The zero-order valence-electron chi connectivity index (χ0n) is 5.57. The lowest BCUT2D eigenvalue weighted by Crippen LogP contribution is -2.31. The predicted octanol–water partition coefficient (Wildman–Crippen LogP) is -1.82. The lowest BCUT2D eigenvalue weighted by Gasteiger charge is -1.93. The SMILES string of the molecule is NNC(=O)Cc1nonc1N. The molecular weight excluding hydrogens is 150 g/mol. The summed E-state index contributed by atoms with van der Waals surface area (Å²) < 4.78 is 4.24. The van der Waals surface area contributed by atoms with Gasteiger partial charge in [0, 0.05) is 0 Å². The van der Waals surface area contributed by atoms with Crippen molar-refractivity contribution in [2.45, 2.75) is 6.42 Å². The summed E-state index contributed by atoms with van der Waals surface area (Å²) in [6.45, 7) is 0. The minimum Gasteiger partial charge on any atom is -0.379 e. The number of nitrogens with two attached hydrogens (primary N) is 2. The van der Waals surface area contributed by atoms with Crippen LogP contribution in [0.4, 0.5) is 5.82 Å². The molecule has 0 unspecified atom stereocenters. The first-order valence-corrected chi connectivity index (χ1v) is 2.80. The average molecular weight is 157 g/mol. The van der Waals surface area contributed by atoms with Crippen molar-refractivity contribution in [3.63, 3.8) is 0 Å². The van der Waals surface area contributed by atoms with Crippen LogP contribution in [0.15, 0.2) is 4.63 Å². The van der Waals surface area contributed by atoms with Crippen LogP contribution in [0.5, 0.6) is 0 Å². The number of nitrogens with zero attached hydrogens (tertiary/aromatic N) is 2. The second kappa shape index (κ2) is 2.97. The Balaban J connectivity index is 2.64. The van der Waals surface area contributed by atoms with Crippen molar-refractivity contribution in [3.8, 4) is 0 Å². The summed E-state index contributed by atoms with van der Waals surface area (Å²) in [5.41, 5.74) is 7.47. The molecule has 1 rings (SSSR count). The van der Waals surface area contributed by atoms with E-state index in [4.69, 9.17) is 11.6 Å². The molecule has 0 radical (unpaired) electrons. The highest BCUT2D eigenvalue weighted by atomic mass is 16.6. The van der Waals surface area contributed by atoms with Crippen molar-refractivity contribution in [1.82, 2.24) is 15.7 Å². The third-order valence-electron chi connectivity index (χ3n) is 1.07. The van der Waals surface area contributed by atoms with E-state index in [0.717, 1.165) is 0 Å². The van der Waals surface area contributed by atoms with Crippen LogP contribution in [-0.2, 0) is 11.2 Å². The number of carbonyl (C=O) groups excluding carboxylic acids is 1. The van der Waals surface area contributed by atoms with Gasteiger partial charge in [0.2, 0.25) is 5.91 Å². The molecule has 1 amide bonds. The van der Waals surface area contributed by atoms with E-state index in [0.29, 0.717) is 0 Å². The summed E-state index contributed by atoms with van der Waals surface area (Å²) >= 11 is 0. The number of nitrogen functional groups attached to an aromatic ring is 1. The number of hydrogen-bond acceptors (Lipinski definition) is 6. The van der Waals surface area contributed by atoms with Gasteiger partial charge >= 0.3 is 0 Å². The molecule has 0 saturated heterocycles. The van der Waals surface area contributed by atoms with E-state index in [9.17, 15) is 4.79 Å². The number of amides is 1. The molecule has 0 aromatic carbocycles. The van der Waals surface area contributed by atoms with E-state index < -0.39 is 5.91 Å². The maximum atomic E-state index is 10.6. The summed E-state index contributed by atoms with van der Waals surface area (Å²) in [5.74, 6) is 4.53. The number of carbonyl (C=O) groups is 1. The quantitative estimate of drug-likeness (QED) is 0.264. The Morgan fingerprint density at radius 1 is 1.64 bits per heavy atom. The van der Waals surface area contributed by atoms with Gasteiger partial charge in [-0.2, -0.15) is 0 Å². The first kappa shape index (κ1) is 7.48. The van der Waals surface area contributed by atoms with Gasteiger partial charge in [0.05, 0.1) is 6.42 Å². The number of rotatable bonds is 2. The van der Waals surface area contributed by atoms with Crippen molar-refractivity contribution < 1.29 is 9.42 Å². The molecule has 5 N–H and O–H groups in total. The summed E-state index contributed by atoms with van der Waals surface area (Å²) in [6.07, 6.45) is -0.0220. The van der Waals surface area contributed by atoms with Crippen molar-refractivity contribution in [2.75, 3.05) is 5.73 Å². The molecule has 1 aromatic rings. The molecule has 7 heteroatoms. The Morgan fingerprint density at radius 3 is 2.82 bits per heavy atom. The standard InChI is InChI=1S/C4H7N5O2/c5-4-2(8-11-9-4)1-3(10)7-6/h1,6H2,(H2,5,9)(H,7,10). The largest absolute Gasteiger partial charge is 0.379 e. The van der Waals surface area contributed by atoms with Crippen LogP contribution in [0.3, 0.4) is 0 Å². The van der Waals surface area contributed by atoms with Crippen LogP contribution in [0, 0.1) is 0 Å². The Bertz CT molecular complexity index is 257. The first-order chi connectivity index (χ1) is 5.24.